The first-order valence-corrected chi connectivity index (χ1v) is 4.12. The molecule has 0 aromatic carbocycles. The average molecular weight is 233 g/mol. The Morgan fingerprint density at radius 2 is 1.75 bits per heavy atom. The van der Waals surface area contributed by atoms with E-state index in [0.717, 1.165) is 26.6 Å². The monoisotopic (exact) mass is 233 g/mol. The van der Waals surface area contributed by atoms with Crippen LogP contribution in [0.2, 0.25) is 0 Å². The van der Waals surface area contributed by atoms with E-state index in [1.165, 1.54) is 0 Å². The van der Waals surface area contributed by atoms with Gasteiger partial charge in [0.1, 0.15) is 5.56 Å². The minimum atomic E-state index is -4.10. The molecule has 0 aliphatic carbocycles. The van der Waals surface area contributed by atoms with Gasteiger partial charge in [0.05, 0.1) is 26.6 Å². The fourth-order valence-electron chi connectivity index (χ4n) is 1.15. The van der Waals surface area contributed by atoms with Crippen LogP contribution in [0.4, 0.5) is 8.78 Å². The average Bonchev–Trinajstić information content (AvgIpc) is 2.27. The summed E-state index contributed by atoms with van der Waals surface area (Å²) in [6.07, 6.45) is 1.99. The molecule has 7 heteroatoms. The Hall–Kier alpha value is -1.92. The van der Waals surface area contributed by atoms with Crippen LogP contribution in [0.5, 0.6) is 11.5 Å². The molecule has 0 spiro atoms. The van der Waals surface area contributed by atoms with Crippen molar-refractivity contribution in [3.8, 4) is 11.5 Å². The third kappa shape index (κ3) is 1.88. The highest BCUT2D eigenvalue weighted by atomic mass is 19.3. The molecule has 88 valence electrons. The molecule has 0 aliphatic rings. The predicted molar refractivity (Wildman–Crippen MR) is 48.9 cm³/mol. The summed E-state index contributed by atoms with van der Waals surface area (Å²) in [6, 6.07) is 0. The Balaban J connectivity index is 3.45. The lowest BCUT2D eigenvalue weighted by molar-refractivity contribution is -0.166. The summed E-state index contributed by atoms with van der Waals surface area (Å²) in [5.74, 6) is -7.06. The molecule has 0 unspecified atom stereocenters. The standard InChI is InChI=1S/C9H9F2NO4/c1-15-5-3-12-4-6(16-2)7(5)9(10,11)8(13)14/h3-4H,1-2H3,(H,13,14). The molecule has 1 rings (SSSR count). The van der Waals surface area contributed by atoms with Crippen LogP contribution in [0.3, 0.4) is 0 Å². The van der Waals surface area contributed by atoms with Gasteiger partial charge in [-0.2, -0.15) is 8.78 Å². The van der Waals surface area contributed by atoms with Crippen LogP contribution in [0.25, 0.3) is 0 Å². The maximum Gasteiger partial charge on any atom is 0.379 e. The van der Waals surface area contributed by atoms with Crippen LogP contribution in [0.1, 0.15) is 5.56 Å². The number of pyridine rings is 1. The summed E-state index contributed by atoms with van der Waals surface area (Å²) in [5.41, 5.74) is -0.847. The van der Waals surface area contributed by atoms with Crippen molar-refractivity contribution < 1.29 is 28.2 Å². The van der Waals surface area contributed by atoms with Gasteiger partial charge in [-0.3, -0.25) is 4.98 Å². The number of nitrogens with zero attached hydrogens (tertiary/aromatic N) is 1. The number of rotatable bonds is 4. The summed E-state index contributed by atoms with van der Waals surface area (Å²) < 4.78 is 36.0. The van der Waals surface area contributed by atoms with Gasteiger partial charge >= 0.3 is 11.9 Å². The number of methoxy groups -OCH3 is 2. The zero-order valence-corrected chi connectivity index (χ0v) is 8.53. The smallest absolute Gasteiger partial charge is 0.379 e. The SMILES string of the molecule is COc1cncc(OC)c1C(F)(F)C(=O)O. The summed E-state index contributed by atoms with van der Waals surface area (Å²) >= 11 is 0. The largest absolute Gasteiger partial charge is 0.494 e. The van der Waals surface area contributed by atoms with Gasteiger partial charge in [-0.05, 0) is 0 Å². The third-order valence-electron chi connectivity index (χ3n) is 1.90. The first-order chi connectivity index (χ1) is 7.45. The molecule has 1 aromatic rings. The molecule has 0 radical (unpaired) electrons. The van der Waals surface area contributed by atoms with Crippen LogP contribution >= 0.6 is 0 Å². The highest BCUT2D eigenvalue weighted by Gasteiger charge is 2.46. The second-order valence-corrected chi connectivity index (χ2v) is 2.80. The fourth-order valence-corrected chi connectivity index (χ4v) is 1.15. The van der Waals surface area contributed by atoms with E-state index < -0.39 is 17.5 Å². The zero-order chi connectivity index (χ0) is 12.3. The number of carboxylic acid groups (broad SMARTS) is 1. The minimum absolute atomic E-state index is 0.341. The molecule has 5 nitrogen and oxygen atoms in total. The van der Waals surface area contributed by atoms with Crippen LogP contribution in [0.15, 0.2) is 12.4 Å². The first-order valence-electron chi connectivity index (χ1n) is 4.12. The maximum absolute atomic E-state index is 13.4. The van der Waals surface area contributed by atoms with Gasteiger partial charge in [-0.25, -0.2) is 4.79 Å². The number of hydrogen-bond donors (Lipinski definition) is 1. The summed E-state index contributed by atoms with van der Waals surface area (Å²) in [5, 5.41) is 8.45. The Morgan fingerprint density at radius 1 is 1.31 bits per heavy atom. The van der Waals surface area contributed by atoms with E-state index in [9.17, 15) is 13.6 Å². The molecule has 0 aliphatic heterocycles. The molecule has 0 atom stereocenters. The van der Waals surface area contributed by atoms with Gasteiger partial charge in [-0.1, -0.05) is 0 Å². The van der Waals surface area contributed by atoms with E-state index >= 15 is 0 Å². The molecule has 16 heavy (non-hydrogen) atoms. The molecule has 0 saturated carbocycles. The van der Waals surface area contributed by atoms with Crippen LogP contribution < -0.4 is 9.47 Å². The Kier molecular flexibility index (Phi) is 3.26. The summed E-state index contributed by atoms with van der Waals surface area (Å²) in [6.45, 7) is 0. The van der Waals surface area contributed by atoms with Gasteiger partial charge in [0.25, 0.3) is 0 Å². The van der Waals surface area contributed by atoms with Crippen molar-refractivity contribution in [3.63, 3.8) is 0 Å². The molecule has 1 aromatic heterocycles. The van der Waals surface area contributed by atoms with Crippen LogP contribution in [-0.2, 0) is 10.7 Å². The van der Waals surface area contributed by atoms with Crippen molar-refractivity contribution in [2.45, 2.75) is 5.92 Å². The summed E-state index contributed by atoms with van der Waals surface area (Å²) in [4.78, 5) is 14.1. The Labute approximate surface area is 89.6 Å². The van der Waals surface area contributed by atoms with E-state index in [1.54, 1.807) is 0 Å². The lowest BCUT2D eigenvalue weighted by Crippen LogP contribution is -2.26. The number of aromatic nitrogens is 1. The number of halogens is 2. The molecule has 0 fully saturated rings. The van der Waals surface area contributed by atoms with Crippen molar-refractivity contribution in [1.82, 2.24) is 4.98 Å². The number of aliphatic carboxylic acids is 1. The van der Waals surface area contributed by atoms with Crippen molar-refractivity contribution in [2.24, 2.45) is 0 Å². The molecule has 1 N–H and O–H groups in total. The van der Waals surface area contributed by atoms with Crippen molar-refractivity contribution in [2.75, 3.05) is 14.2 Å². The van der Waals surface area contributed by atoms with Crippen molar-refractivity contribution in [3.05, 3.63) is 18.0 Å². The molecular weight excluding hydrogens is 224 g/mol. The van der Waals surface area contributed by atoms with Gasteiger partial charge in [0, 0.05) is 0 Å². The zero-order valence-electron chi connectivity index (χ0n) is 8.53. The highest BCUT2D eigenvalue weighted by Crippen LogP contribution is 2.40. The van der Waals surface area contributed by atoms with E-state index in [-0.39, 0.29) is 11.5 Å². The Morgan fingerprint density at radius 3 is 2.06 bits per heavy atom. The minimum Gasteiger partial charge on any atom is -0.494 e. The van der Waals surface area contributed by atoms with Gasteiger partial charge in [0.2, 0.25) is 0 Å². The molecule has 0 bridgehead atoms. The van der Waals surface area contributed by atoms with Crippen LogP contribution in [0, 0.1) is 0 Å². The van der Waals surface area contributed by atoms with Crippen LogP contribution in [-0.4, -0.2) is 30.3 Å². The number of hydrogen-bond acceptors (Lipinski definition) is 4. The molecule has 1 heterocycles. The first kappa shape index (κ1) is 12.2. The topological polar surface area (TPSA) is 68.7 Å². The second kappa shape index (κ2) is 4.30. The van der Waals surface area contributed by atoms with E-state index in [2.05, 4.69) is 14.5 Å². The van der Waals surface area contributed by atoms with E-state index in [4.69, 9.17) is 5.11 Å². The maximum atomic E-state index is 13.4. The van der Waals surface area contributed by atoms with Crippen molar-refractivity contribution in [1.29, 1.82) is 0 Å². The number of ether oxygens (including phenoxy) is 2. The number of carbonyl (C=O) groups is 1. The lowest BCUT2D eigenvalue weighted by atomic mass is 10.1. The lowest BCUT2D eigenvalue weighted by Gasteiger charge is -2.17. The van der Waals surface area contributed by atoms with E-state index in [0.29, 0.717) is 0 Å². The summed E-state index contributed by atoms with van der Waals surface area (Å²) in [7, 11) is 2.27. The van der Waals surface area contributed by atoms with Gasteiger partial charge < -0.3 is 14.6 Å². The highest BCUT2D eigenvalue weighted by molar-refractivity contribution is 5.79. The van der Waals surface area contributed by atoms with Crippen molar-refractivity contribution >= 4 is 5.97 Å². The predicted octanol–water partition coefficient (Wildman–Crippen LogP) is 1.28. The quantitative estimate of drug-likeness (QED) is 0.848. The molecular formula is C9H9F2NO4. The third-order valence-corrected chi connectivity index (χ3v) is 1.90. The molecule has 0 saturated heterocycles. The fraction of sp³-hybridized carbons (Fsp3) is 0.333. The number of alkyl halides is 2. The normalized spacial score (nSPS) is 11.0. The Bertz CT molecular complexity index is 386. The molecule has 0 amide bonds. The van der Waals surface area contributed by atoms with Gasteiger partial charge in [-0.15, -0.1) is 0 Å². The van der Waals surface area contributed by atoms with E-state index in [1.807, 2.05) is 0 Å². The second-order valence-electron chi connectivity index (χ2n) is 2.80. The number of carboxylic acids is 1. The van der Waals surface area contributed by atoms with Gasteiger partial charge in [0.15, 0.2) is 11.5 Å².